The van der Waals surface area contributed by atoms with Crippen molar-refractivity contribution in [2.24, 2.45) is 0 Å². The van der Waals surface area contributed by atoms with Crippen LogP contribution in [0.15, 0.2) is 60.8 Å². The summed E-state index contributed by atoms with van der Waals surface area (Å²) in [5.41, 5.74) is 1.66. The zero-order chi connectivity index (χ0) is 18.5. The van der Waals surface area contributed by atoms with Crippen molar-refractivity contribution in [1.82, 2.24) is 4.98 Å². The van der Waals surface area contributed by atoms with Gasteiger partial charge in [0.25, 0.3) is 5.91 Å². The van der Waals surface area contributed by atoms with Crippen molar-refractivity contribution in [2.45, 2.75) is 0 Å². The number of amides is 1. The molecule has 1 aromatic heterocycles. The average molecular weight is 388 g/mol. The number of rotatable bonds is 5. The van der Waals surface area contributed by atoms with Crippen LogP contribution in [0.25, 0.3) is 0 Å². The van der Waals surface area contributed by atoms with E-state index in [1.165, 1.54) is 7.11 Å². The van der Waals surface area contributed by atoms with Crippen molar-refractivity contribution in [1.29, 1.82) is 0 Å². The van der Waals surface area contributed by atoms with Gasteiger partial charge in [-0.25, -0.2) is 4.98 Å². The number of ether oxygens (including phenoxy) is 1. The summed E-state index contributed by atoms with van der Waals surface area (Å²) in [4.78, 5) is 16.7. The van der Waals surface area contributed by atoms with Gasteiger partial charge in [0.15, 0.2) is 0 Å². The van der Waals surface area contributed by atoms with Gasteiger partial charge in [-0.05, 0) is 42.5 Å². The normalized spacial score (nSPS) is 10.3. The lowest BCUT2D eigenvalue weighted by molar-refractivity contribution is 0.102. The van der Waals surface area contributed by atoms with Gasteiger partial charge in [0.05, 0.1) is 35.3 Å². The van der Waals surface area contributed by atoms with E-state index in [4.69, 9.17) is 27.9 Å². The molecule has 0 aliphatic carbocycles. The maximum absolute atomic E-state index is 12.4. The highest BCUT2D eigenvalue weighted by Crippen LogP contribution is 2.28. The third-order valence-corrected chi connectivity index (χ3v) is 4.13. The summed E-state index contributed by atoms with van der Waals surface area (Å²) in [7, 11) is 1.52. The van der Waals surface area contributed by atoms with Crippen molar-refractivity contribution < 1.29 is 9.53 Å². The van der Waals surface area contributed by atoms with Crippen LogP contribution < -0.4 is 15.4 Å². The predicted octanol–water partition coefficient (Wildman–Crippen LogP) is 5.39. The molecule has 7 heteroatoms. The Morgan fingerprint density at radius 1 is 1.08 bits per heavy atom. The first-order chi connectivity index (χ1) is 12.6. The minimum Gasteiger partial charge on any atom is -0.496 e. The molecule has 3 aromatic rings. The highest BCUT2D eigenvalue weighted by atomic mass is 35.5. The van der Waals surface area contributed by atoms with Crippen molar-refractivity contribution in [3.63, 3.8) is 0 Å². The van der Waals surface area contributed by atoms with E-state index in [1.807, 2.05) is 0 Å². The smallest absolute Gasteiger partial charge is 0.259 e. The van der Waals surface area contributed by atoms with Crippen molar-refractivity contribution in [2.75, 3.05) is 17.7 Å². The maximum atomic E-state index is 12.4. The second-order valence-corrected chi connectivity index (χ2v) is 6.18. The van der Waals surface area contributed by atoms with Crippen LogP contribution in [-0.2, 0) is 0 Å². The summed E-state index contributed by atoms with van der Waals surface area (Å²) >= 11 is 12.1. The molecule has 0 atom stereocenters. The first kappa shape index (κ1) is 18.0. The van der Waals surface area contributed by atoms with Crippen LogP contribution in [0.4, 0.5) is 17.2 Å². The largest absolute Gasteiger partial charge is 0.496 e. The van der Waals surface area contributed by atoms with E-state index in [9.17, 15) is 4.79 Å². The molecule has 26 heavy (non-hydrogen) atoms. The minimum atomic E-state index is -0.275. The van der Waals surface area contributed by atoms with Crippen molar-refractivity contribution >= 4 is 46.3 Å². The maximum Gasteiger partial charge on any atom is 0.259 e. The summed E-state index contributed by atoms with van der Waals surface area (Å²) in [5, 5.41) is 6.97. The molecule has 0 saturated carbocycles. The van der Waals surface area contributed by atoms with Crippen LogP contribution in [0.2, 0.25) is 10.0 Å². The number of nitrogens with zero attached hydrogens (tertiary/aromatic N) is 1. The number of benzene rings is 2. The summed E-state index contributed by atoms with van der Waals surface area (Å²) in [6.07, 6.45) is 1.55. The van der Waals surface area contributed by atoms with Crippen LogP contribution in [0, 0.1) is 0 Å². The Kier molecular flexibility index (Phi) is 5.61. The highest BCUT2D eigenvalue weighted by Gasteiger charge is 2.12. The van der Waals surface area contributed by atoms with Crippen molar-refractivity contribution in [3.05, 3.63) is 76.4 Å². The number of aromatic nitrogens is 1. The number of carbonyl (C=O) groups excluding carboxylic acids is 1. The molecule has 3 rings (SSSR count). The van der Waals surface area contributed by atoms with E-state index in [0.717, 1.165) is 0 Å². The van der Waals surface area contributed by atoms with Crippen LogP contribution in [0.1, 0.15) is 10.4 Å². The Hall–Kier alpha value is -2.76. The molecule has 1 amide bonds. The molecule has 132 valence electrons. The first-order valence-electron chi connectivity index (χ1n) is 7.69. The standard InChI is InChI=1S/C19H15Cl2N3O2/c1-26-17-5-3-2-4-14(17)19(25)23-13-7-9-18(22-11-13)24-16-10-12(20)6-8-15(16)21/h2-11H,1H3,(H,22,24)(H,23,25). The minimum absolute atomic E-state index is 0.275. The van der Waals surface area contributed by atoms with E-state index in [1.54, 1.807) is 60.8 Å². The summed E-state index contributed by atoms with van der Waals surface area (Å²) in [6, 6.07) is 15.6. The number of pyridine rings is 1. The number of hydrogen-bond acceptors (Lipinski definition) is 4. The lowest BCUT2D eigenvalue weighted by Crippen LogP contribution is -2.13. The average Bonchev–Trinajstić information content (AvgIpc) is 2.66. The van der Waals surface area contributed by atoms with Gasteiger partial charge in [-0.2, -0.15) is 0 Å². The van der Waals surface area contributed by atoms with E-state index in [0.29, 0.717) is 38.6 Å². The SMILES string of the molecule is COc1ccccc1C(=O)Nc1ccc(Nc2cc(Cl)ccc2Cl)nc1. The Bertz CT molecular complexity index is 930. The molecular weight excluding hydrogens is 373 g/mol. The van der Waals surface area contributed by atoms with Gasteiger partial charge in [0, 0.05) is 5.02 Å². The molecule has 0 radical (unpaired) electrons. The van der Waals surface area contributed by atoms with Gasteiger partial charge < -0.3 is 15.4 Å². The molecule has 0 unspecified atom stereocenters. The Labute approximate surface area is 160 Å². The second-order valence-electron chi connectivity index (χ2n) is 5.34. The summed E-state index contributed by atoms with van der Waals surface area (Å²) in [6.45, 7) is 0. The monoisotopic (exact) mass is 387 g/mol. The number of hydrogen-bond donors (Lipinski definition) is 2. The first-order valence-corrected chi connectivity index (χ1v) is 8.45. The fourth-order valence-corrected chi connectivity index (χ4v) is 2.64. The number of halogens is 2. The van der Waals surface area contributed by atoms with Gasteiger partial charge in [-0.3, -0.25) is 4.79 Å². The van der Waals surface area contributed by atoms with Gasteiger partial charge in [-0.15, -0.1) is 0 Å². The number of carbonyl (C=O) groups is 1. The molecule has 0 bridgehead atoms. The van der Waals surface area contributed by atoms with Gasteiger partial charge in [0.1, 0.15) is 11.6 Å². The summed E-state index contributed by atoms with van der Waals surface area (Å²) < 4.78 is 5.20. The third-order valence-electron chi connectivity index (χ3n) is 3.56. The Morgan fingerprint density at radius 3 is 2.62 bits per heavy atom. The van der Waals surface area contributed by atoms with Crippen LogP contribution in [0.3, 0.4) is 0 Å². The predicted molar refractivity (Wildman–Crippen MR) is 105 cm³/mol. The van der Waals surface area contributed by atoms with Gasteiger partial charge in [-0.1, -0.05) is 35.3 Å². The molecule has 0 aliphatic rings. The number of anilines is 3. The summed E-state index contributed by atoms with van der Waals surface area (Å²) in [5.74, 6) is 0.805. The van der Waals surface area contributed by atoms with E-state index in [-0.39, 0.29) is 5.91 Å². The highest BCUT2D eigenvalue weighted by molar-refractivity contribution is 6.35. The van der Waals surface area contributed by atoms with Crippen LogP contribution >= 0.6 is 23.2 Å². The molecule has 5 nitrogen and oxygen atoms in total. The number of para-hydroxylation sites is 1. The molecule has 0 spiro atoms. The fourth-order valence-electron chi connectivity index (χ4n) is 2.30. The quantitative estimate of drug-likeness (QED) is 0.615. The number of methoxy groups -OCH3 is 1. The molecule has 1 heterocycles. The molecule has 2 N–H and O–H groups in total. The molecule has 2 aromatic carbocycles. The molecule has 0 saturated heterocycles. The Balaban J connectivity index is 1.71. The zero-order valence-corrected chi connectivity index (χ0v) is 15.3. The van der Waals surface area contributed by atoms with E-state index < -0.39 is 0 Å². The lowest BCUT2D eigenvalue weighted by atomic mass is 10.2. The molecule has 0 fully saturated rings. The third kappa shape index (κ3) is 4.25. The molecule has 0 aliphatic heterocycles. The topological polar surface area (TPSA) is 63.2 Å². The fraction of sp³-hybridized carbons (Fsp3) is 0.0526. The van der Waals surface area contributed by atoms with E-state index >= 15 is 0 Å². The van der Waals surface area contributed by atoms with Crippen LogP contribution in [0.5, 0.6) is 5.75 Å². The zero-order valence-electron chi connectivity index (χ0n) is 13.8. The lowest BCUT2D eigenvalue weighted by Gasteiger charge is -2.10. The molecular formula is C19H15Cl2N3O2. The second kappa shape index (κ2) is 8.08. The van der Waals surface area contributed by atoms with Gasteiger partial charge in [0.2, 0.25) is 0 Å². The van der Waals surface area contributed by atoms with Crippen LogP contribution in [-0.4, -0.2) is 18.0 Å². The number of nitrogens with one attached hydrogen (secondary N) is 2. The van der Waals surface area contributed by atoms with Gasteiger partial charge >= 0.3 is 0 Å². The Morgan fingerprint density at radius 2 is 1.88 bits per heavy atom. The van der Waals surface area contributed by atoms with E-state index in [2.05, 4.69) is 15.6 Å². The van der Waals surface area contributed by atoms with Crippen molar-refractivity contribution in [3.8, 4) is 5.75 Å².